The number of amides is 1. The molecule has 2 aromatic carbocycles. The normalized spacial score (nSPS) is 10.9. The van der Waals surface area contributed by atoms with Gasteiger partial charge in [0, 0.05) is 16.6 Å². The average Bonchev–Trinajstić information content (AvgIpc) is 3.24. The van der Waals surface area contributed by atoms with Crippen molar-refractivity contribution in [2.24, 2.45) is 0 Å². The number of aromatic nitrogens is 3. The second-order valence-electron chi connectivity index (χ2n) is 5.96. The lowest BCUT2D eigenvalue weighted by molar-refractivity contribution is 0.102. The van der Waals surface area contributed by atoms with Gasteiger partial charge in [-0.2, -0.15) is 0 Å². The second kappa shape index (κ2) is 7.08. The molecule has 0 atom stereocenters. The fraction of sp³-hybridized carbons (Fsp3) is 0.105. The van der Waals surface area contributed by atoms with Gasteiger partial charge in [0.25, 0.3) is 5.91 Å². The Morgan fingerprint density at radius 1 is 1.15 bits per heavy atom. The third-order valence-electron chi connectivity index (χ3n) is 3.94. The Hall–Kier alpha value is -3.39. The fourth-order valence-corrected chi connectivity index (χ4v) is 3.25. The minimum Gasteiger partial charge on any atom is -0.487 e. The first-order valence-corrected chi connectivity index (χ1v) is 9.12. The van der Waals surface area contributed by atoms with Crippen molar-refractivity contribution in [3.8, 4) is 5.75 Å². The monoisotopic (exact) mass is 380 g/mol. The number of H-pyrrole nitrogens is 2. The minimum atomic E-state index is -0.281. The molecule has 0 aliphatic rings. The maximum atomic E-state index is 12.4. The lowest BCUT2D eigenvalue weighted by Gasteiger charge is -2.07. The van der Waals surface area contributed by atoms with E-state index in [1.807, 2.05) is 12.3 Å². The lowest BCUT2D eigenvalue weighted by Crippen LogP contribution is -2.11. The summed E-state index contributed by atoms with van der Waals surface area (Å²) in [7, 11) is 0. The zero-order chi connectivity index (χ0) is 18.8. The summed E-state index contributed by atoms with van der Waals surface area (Å²) in [5, 5.41) is 5.78. The van der Waals surface area contributed by atoms with Crippen LogP contribution in [-0.4, -0.2) is 20.9 Å². The van der Waals surface area contributed by atoms with Crippen LogP contribution in [0.2, 0.25) is 0 Å². The van der Waals surface area contributed by atoms with E-state index in [1.54, 1.807) is 53.8 Å². The van der Waals surface area contributed by atoms with Crippen LogP contribution in [0.5, 0.6) is 5.75 Å². The van der Waals surface area contributed by atoms with Crippen LogP contribution in [-0.2, 0) is 6.61 Å². The molecule has 8 heteroatoms. The first-order chi connectivity index (χ1) is 13.1. The summed E-state index contributed by atoms with van der Waals surface area (Å²) in [5.41, 5.74) is 3.04. The highest BCUT2D eigenvalue weighted by molar-refractivity contribution is 7.09. The molecule has 2 aromatic heterocycles. The summed E-state index contributed by atoms with van der Waals surface area (Å²) in [6.45, 7) is 2.35. The number of hydrogen-bond donors (Lipinski definition) is 3. The number of thiazole rings is 1. The highest BCUT2D eigenvalue weighted by atomic mass is 32.1. The molecule has 27 heavy (non-hydrogen) atoms. The number of rotatable bonds is 5. The Kier molecular flexibility index (Phi) is 4.47. The molecule has 0 saturated heterocycles. The van der Waals surface area contributed by atoms with Crippen molar-refractivity contribution in [1.82, 2.24) is 15.0 Å². The van der Waals surface area contributed by atoms with Gasteiger partial charge in [0.05, 0.1) is 21.7 Å². The van der Waals surface area contributed by atoms with Gasteiger partial charge in [-0.05, 0) is 49.4 Å². The van der Waals surface area contributed by atoms with Gasteiger partial charge in [-0.25, -0.2) is 9.78 Å². The fourth-order valence-electron chi connectivity index (χ4n) is 2.65. The van der Waals surface area contributed by atoms with Gasteiger partial charge in [0.2, 0.25) is 0 Å². The van der Waals surface area contributed by atoms with Gasteiger partial charge in [0.1, 0.15) is 12.4 Å². The van der Waals surface area contributed by atoms with E-state index in [0.29, 0.717) is 34.6 Å². The molecule has 0 bridgehead atoms. The number of imidazole rings is 1. The molecule has 3 N–H and O–H groups in total. The maximum Gasteiger partial charge on any atom is 0.323 e. The van der Waals surface area contributed by atoms with Crippen molar-refractivity contribution in [1.29, 1.82) is 0 Å². The van der Waals surface area contributed by atoms with Gasteiger partial charge < -0.3 is 20.0 Å². The third kappa shape index (κ3) is 3.90. The molecule has 1 amide bonds. The lowest BCUT2D eigenvalue weighted by atomic mass is 10.2. The molecule has 0 unspecified atom stereocenters. The van der Waals surface area contributed by atoms with E-state index in [9.17, 15) is 9.59 Å². The standard InChI is InChI=1S/C19H16N4O3S/c1-11-20-14(10-27-11)9-26-15-5-2-12(3-6-15)18(24)21-13-4-7-16-17(8-13)23-19(25)22-16/h2-8,10H,9H2,1H3,(H,21,24)(H2,22,23,25). The largest absolute Gasteiger partial charge is 0.487 e. The number of carbonyl (C=O) groups excluding carboxylic acids is 1. The van der Waals surface area contributed by atoms with E-state index in [2.05, 4.69) is 20.3 Å². The number of fused-ring (bicyclic) bond motifs is 1. The molecule has 136 valence electrons. The van der Waals surface area contributed by atoms with Crippen molar-refractivity contribution in [2.75, 3.05) is 5.32 Å². The van der Waals surface area contributed by atoms with Gasteiger partial charge >= 0.3 is 5.69 Å². The molecule has 0 spiro atoms. The van der Waals surface area contributed by atoms with E-state index in [0.717, 1.165) is 10.7 Å². The van der Waals surface area contributed by atoms with Crippen LogP contribution < -0.4 is 15.7 Å². The summed E-state index contributed by atoms with van der Waals surface area (Å²) < 4.78 is 5.68. The van der Waals surface area contributed by atoms with Crippen LogP contribution in [0.4, 0.5) is 5.69 Å². The molecule has 0 saturated carbocycles. The van der Waals surface area contributed by atoms with Crippen LogP contribution in [0.25, 0.3) is 11.0 Å². The quantitative estimate of drug-likeness (QED) is 0.494. The highest BCUT2D eigenvalue weighted by Crippen LogP contribution is 2.18. The molecule has 4 rings (SSSR count). The van der Waals surface area contributed by atoms with Crippen LogP contribution in [0.1, 0.15) is 21.1 Å². The van der Waals surface area contributed by atoms with E-state index in [4.69, 9.17) is 4.74 Å². The molecular formula is C19H16N4O3S. The summed E-state index contributed by atoms with van der Waals surface area (Å²) in [6, 6.07) is 12.1. The molecule has 0 fully saturated rings. The number of ether oxygens (including phenoxy) is 1. The van der Waals surface area contributed by atoms with Gasteiger partial charge in [-0.3, -0.25) is 4.79 Å². The number of aromatic amines is 2. The highest BCUT2D eigenvalue weighted by Gasteiger charge is 2.08. The van der Waals surface area contributed by atoms with Crippen molar-refractivity contribution < 1.29 is 9.53 Å². The van der Waals surface area contributed by atoms with Crippen LogP contribution in [0, 0.1) is 6.92 Å². The van der Waals surface area contributed by atoms with E-state index in [-0.39, 0.29) is 11.6 Å². The van der Waals surface area contributed by atoms with Gasteiger partial charge in [-0.1, -0.05) is 0 Å². The van der Waals surface area contributed by atoms with Crippen molar-refractivity contribution in [3.05, 3.63) is 74.6 Å². The third-order valence-corrected chi connectivity index (χ3v) is 4.77. The zero-order valence-corrected chi connectivity index (χ0v) is 15.2. The predicted octanol–water partition coefficient (Wildman–Crippen LogP) is 3.45. The molecule has 4 aromatic rings. The number of anilines is 1. The number of benzene rings is 2. The van der Waals surface area contributed by atoms with Crippen LogP contribution >= 0.6 is 11.3 Å². The van der Waals surface area contributed by atoms with E-state index in [1.165, 1.54) is 0 Å². The first-order valence-electron chi connectivity index (χ1n) is 8.24. The SMILES string of the molecule is Cc1nc(COc2ccc(C(=O)Nc3ccc4[nH]c(=O)[nH]c4c3)cc2)cs1. The minimum absolute atomic E-state index is 0.242. The Bertz CT molecular complexity index is 1160. The summed E-state index contributed by atoms with van der Waals surface area (Å²) in [5.74, 6) is 0.428. The average molecular weight is 380 g/mol. The molecule has 0 aliphatic heterocycles. The Morgan fingerprint density at radius 2 is 1.93 bits per heavy atom. The number of aryl methyl sites for hydroxylation is 1. The van der Waals surface area contributed by atoms with E-state index < -0.39 is 0 Å². The molecule has 7 nitrogen and oxygen atoms in total. The Balaban J connectivity index is 1.41. The first kappa shape index (κ1) is 17.0. The van der Waals surface area contributed by atoms with Crippen molar-refractivity contribution in [2.45, 2.75) is 13.5 Å². The number of carbonyl (C=O) groups is 1. The smallest absolute Gasteiger partial charge is 0.323 e. The van der Waals surface area contributed by atoms with Crippen LogP contribution in [0.15, 0.2) is 52.6 Å². The summed E-state index contributed by atoms with van der Waals surface area (Å²) in [4.78, 5) is 33.4. The van der Waals surface area contributed by atoms with E-state index >= 15 is 0 Å². The number of nitrogens with one attached hydrogen (secondary N) is 3. The van der Waals surface area contributed by atoms with Crippen molar-refractivity contribution in [3.63, 3.8) is 0 Å². The topological polar surface area (TPSA) is 99.9 Å². The maximum absolute atomic E-state index is 12.4. The van der Waals surface area contributed by atoms with Crippen molar-refractivity contribution >= 4 is 34.0 Å². The summed E-state index contributed by atoms with van der Waals surface area (Å²) in [6.07, 6.45) is 0. The van der Waals surface area contributed by atoms with Gasteiger partial charge in [-0.15, -0.1) is 11.3 Å². The molecule has 0 radical (unpaired) electrons. The Morgan fingerprint density at radius 3 is 2.67 bits per heavy atom. The predicted molar refractivity (Wildman–Crippen MR) is 104 cm³/mol. The van der Waals surface area contributed by atoms with Gasteiger partial charge in [0.15, 0.2) is 0 Å². The Labute approximate surface area is 158 Å². The second-order valence-corrected chi connectivity index (χ2v) is 7.03. The van der Waals surface area contributed by atoms with Crippen LogP contribution in [0.3, 0.4) is 0 Å². The zero-order valence-electron chi connectivity index (χ0n) is 14.4. The molecule has 2 heterocycles. The number of nitrogens with zero attached hydrogens (tertiary/aromatic N) is 1. The molecule has 0 aliphatic carbocycles. The summed E-state index contributed by atoms with van der Waals surface area (Å²) >= 11 is 1.58. The number of hydrogen-bond acceptors (Lipinski definition) is 5. The molecular weight excluding hydrogens is 364 g/mol.